The van der Waals surface area contributed by atoms with Crippen molar-refractivity contribution in [3.8, 4) is 0 Å². The van der Waals surface area contributed by atoms with E-state index in [0.29, 0.717) is 16.4 Å². The van der Waals surface area contributed by atoms with Gasteiger partial charge in [0.1, 0.15) is 0 Å². The number of nitro benzene ring substituents is 1. The van der Waals surface area contributed by atoms with E-state index in [1.165, 1.54) is 29.2 Å². The lowest BCUT2D eigenvalue weighted by Crippen LogP contribution is -2.28. The number of esters is 1. The van der Waals surface area contributed by atoms with E-state index >= 15 is 0 Å². The van der Waals surface area contributed by atoms with Gasteiger partial charge in [0.15, 0.2) is 6.61 Å². The van der Waals surface area contributed by atoms with Crippen LogP contribution in [0, 0.1) is 16.0 Å². The highest BCUT2D eigenvalue weighted by atomic mass is 35.5. The van der Waals surface area contributed by atoms with Crippen LogP contribution in [-0.4, -0.2) is 35.9 Å². The highest BCUT2D eigenvalue weighted by molar-refractivity contribution is 6.30. The monoisotopic (exact) mass is 417 g/mol. The van der Waals surface area contributed by atoms with Gasteiger partial charge < -0.3 is 15.0 Å². The molecule has 0 aromatic heterocycles. The van der Waals surface area contributed by atoms with Crippen LogP contribution < -0.4 is 10.2 Å². The van der Waals surface area contributed by atoms with E-state index in [9.17, 15) is 24.5 Å². The molecule has 1 heterocycles. The topological polar surface area (TPSA) is 119 Å². The Morgan fingerprint density at radius 2 is 1.83 bits per heavy atom. The number of benzene rings is 2. The Kier molecular flexibility index (Phi) is 6.08. The molecule has 150 valence electrons. The molecule has 0 aliphatic carbocycles. The summed E-state index contributed by atoms with van der Waals surface area (Å²) in [6, 6.07) is 11.9. The van der Waals surface area contributed by atoms with Gasteiger partial charge in [-0.25, -0.2) is 0 Å². The smallest absolute Gasteiger partial charge is 0.311 e. The van der Waals surface area contributed by atoms with Gasteiger partial charge in [-0.15, -0.1) is 0 Å². The van der Waals surface area contributed by atoms with Crippen LogP contribution in [0.4, 0.5) is 17.1 Å². The zero-order valence-electron chi connectivity index (χ0n) is 15.0. The van der Waals surface area contributed by atoms with Crippen molar-refractivity contribution in [3.05, 3.63) is 63.7 Å². The van der Waals surface area contributed by atoms with Gasteiger partial charge in [0.05, 0.1) is 10.8 Å². The molecule has 29 heavy (non-hydrogen) atoms. The molecule has 1 aliphatic rings. The highest BCUT2D eigenvalue weighted by Crippen LogP contribution is 2.27. The summed E-state index contributed by atoms with van der Waals surface area (Å²) in [4.78, 5) is 47.9. The third kappa shape index (κ3) is 5.08. The number of non-ortho nitro benzene ring substituents is 1. The summed E-state index contributed by atoms with van der Waals surface area (Å²) in [6.45, 7) is -0.405. The highest BCUT2D eigenvalue weighted by Gasteiger charge is 2.36. The minimum Gasteiger partial charge on any atom is -0.455 e. The normalized spacial score (nSPS) is 15.8. The Balaban J connectivity index is 1.52. The minimum atomic E-state index is -0.721. The molecule has 9 nitrogen and oxygen atoms in total. The number of amides is 2. The Bertz CT molecular complexity index is 945. The van der Waals surface area contributed by atoms with Crippen molar-refractivity contribution in [2.24, 2.45) is 5.92 Å². The van der Waals surface area contributed by atoms with Crippen LogP contribution in [0.25, 0.3) is 0 Å². The molecule has 1 saturated heterocycles. The number of anilines is 2. The maximum absolute atomic E-state index is 12.2. The van der Waals surface area contributed by atoms with Gasteiger partial charge in [0.25, 0.3) is 11.6 Å². The van der Waals surface area contributed by atoms with Crippen LogP contribution in [-0.2, 0) is 19.1 Å². The first-order valence-electron chi connectivity index (χ1n) is 8.60. The molecule has 3 rings (SSSR count). The average molecular weight is 418 g/mol. The largest absolute Gasteiger partial charge is 0.455 e. The van der Waals surface area contributed by atoms with Crippen molar-refractivity contribution in [1.82, 2.24) is 0 Å². The Hall–Kier alpha value is -3.46. The van der Waals surface area contributed by atoms with Crippen LogP contribution in [0.5, 0.6) is 0 Å². The van der Waals surface area contributed by atoms with Gasteiger partial charge in [0.2, 0.25) is 5.91 Å². The molecular formula is C19H16ClN3O6. The number of halogens is 1. The van der Waals surface area contributed by atoms with Crippen LogP contribution in [0.1, 0.15) is 6.42 Å². The molecule has 0 radical (unpaired) electrons. The Morgan fingerprint density at radius 1 is 1.17 bits per heavy atom. The molecule has 2 amide bonds. The van der Waals surface area contributed by atoms with Crippen LogP contribution in [0.3, 0.4) is 0 Å². The van der Waals surface area contributed by atoms with Gasteiger partial charge in [-0.05, 0) is 36.4 Å². The van der Waals surface area contributed by atoms with Gasteiger partial charge in [0, 0.05) is 41.5 Å². The lowest BCUT2D eigenvalue weighted by atomic mass is 10.1. The zero-order valence-corrected chi connectivity index (χ0v) is 15.8. The second-order valence-electron chi connectivity index (χ2n) is 6.34. The van der Waals surface area contributed by atoms with E-state index in [4.69, 9.17) is 16.3 Å². The van der Waals surface area contributed by atoms with Gasteiger partial charge >= 0.3 is 5.97 Å². The first-order valence-corrected chi connectivity index (χ1v) is 8.98. The van der Waals surface area contributed by atoms with E-state index < -0.39 is 29.3 Å². The summed E-state index contributed by atoms with van der Waals surface area (Å²) in [6.07, 6.45) is -0.0609. The fourth-order valence-electron chi connectivity index (χ4n) is 2.85. The van der Waals surface area contributed by atoms with E-state index in [0.717, 1.165) is 0 Å². The molecule has 1 fully saturated rings. The third-order valence-corrected chi connectivity index (χ3v) is 4.56. The lowest BCUT2D eigenvalue weighted by molar-refractivity contribution is -0.384. The molecule has 1 aliphatic heterocycles. The summed E-state index contributed by atoms with van der Waals surface area (Å²) in [5, 5.41) is 13.8. The molecule has 0 bridgehead atoms. The molecule has 0 unspecified atom stereocenters. The lowest BCUT2D eigenvalue weighted by Gasteiger charge is -2.16. The number of hydrogen-bond donors (Lipinski definition) is 1. The Morgan fingerprint density at radius 3 is 2.45 bits per heavy atom. The maximum atomic E-state index is 12.2. The summed E-state index contributed by atoms with van der Waals surface area (Å²) in [7, 11) is 0. The number of nitro groups is 1. The fraction of sp³-hybridized carbons (Fsp3) is 0.211. The van der Waals surface area contributed by atoms with E-state index in [2.05, 4.69) is 5.32 Å². The Labute approximate surface area is 170 Å². The number of nitrogens with one attached hydrogen (secondary N) is 1. The average Bonchev–Trinajstić information content (AvgIpc) is 3.09. The van der Waals surface area contributed by atoms with E-state index in [-0.39, 0.29) is 24.6 Å². The molecule has 2 aromatic rings. The number of hydrogen-bond acceptors (Lipinski definition) is 6. The fourth-order valence-corrected chi connectivity index (χ4v) is 2.98. The summed E-state index contributed by atoms with van der Waals surface area (Å²) in [5.74, 6) is -2.20. The number of rotatable bonds is 6. The molecule has 0 spiro atoms. The number of nitrogens with zero attached hydrogens (tertiary/aromatic N) is 2. The molecule has 1 atom stereocenters. The van der Waals surface area contributed by atoms with Crippen LogP contribution >= 0.6 is 11.6 Å². The molecule has 1 N–H and O–H groups in total. The van der Waals surface area contributed by atoms with Crippen molar-refractivity contribution < 1.29 is 24.0 Å². The number of carbonyl (C=O) groups is 3. The first kappa shape index (κ1) is 20.3. The SMILES string of the molecule is O=C(COC(=O)[C@H]1CC(=O)N(c2ccc([N+](=O)[O-])cc2)C1)Nc1ccc(Cl)cc1. The molecular weight excluding hydrogens is 402 g/mol. The second kappa shape index (κ2) is 8.70. The van der Waals surface area contributed by atoms with Gasteiger partial charge in [-0.1, -0.05) is 11.6 Å². The van der Waals surface area contributed by atoms with Crippen molar-refractivity contribution >= 4 is 46.4 Å². The number of ether oxygens (including phenoxy) is 1. The predicted molar refractivity (Wildman–Crippen MR) is 105 cm³/mol. The van der Waals surface area contributed by atoms with Crippen molar-refractivity contribution in [3.63, 3.8) is 0 Å². The van der Waals surface area contributed by atoms with Crippen molar-refractivity contribution in [2.45, 2.75) is 6.42 Å². The summed E-state index contributed by atoms with van der Waals surface area (Å²) in [5.41, 5.74) is 0.871. The third-order valence-electron chi connectivity index (χ3n) is 4.30. The van der Waals surface area contributed by atoms with E-state index in [1.54, 1.807) is 24.3 Å². The van der Waals surface area contributed by atoms with E-state index in [1.807, 2.05) is 0 Å². The number of carbonyl (C=O) groups excluding carboxylic acids is 3. The van der Waals surface area contributed by atoms with Crippen LogP contribution in [0.15, 0.2) is 48.5 Å². The quantitative estimate of drug-likeness (QED) is 0.438. The standard InChI is InChI=1S/C19H16ClN3O6/c20-13-1-3-14(4-2-13)21-17(24)11-29-19(26)12-9-18(25)22(10-12)15-5-7-16(8-6-15)23(27)28/h1-8,12H,9-11H2,(H,21,24)/t12-/m0/s1. The van der Waals surface area contributed by atoms with Crippen molar-refractivity contribution in [2.75, 3.05) is 23.4 Å². The predicted octanol–water partition coefficient (Wildman–Crippen LogP) is 2.78. The molecule has 10 heteroatoms. The second-order valence-corrected chi connectivity index (χ2v) is 6.78. The zero-order chi connectivity index (χ0) is 21.0. The summed E-state index contributed by atoms with van der Waals surface area (Å²) >= 11 is 5.77. The molecule has 0 saturated carbocycles. The first-order chi connectivity index (χ1) is 13.8. The maximum Gasteiger partial charge on any atom is 0.311 e. The minimum absolute atomic E-state index is 0.0609. The van der Waals surface area contributed by atoms with Gasteiger partial charge in [-0.3, -0.25) is 24.5 Å². The molecule has 2 aromatic carbocycles. The van der Waals surface area contributed by atoms with Crippen molar-refractivity contribution in [1.29, 1.82) is 0 Å². The summed E-state index contributed by atoms with van der Waals surface area (Å²) < 4.78 is 5.02. The van der Waals surface area contributed by atoms with Gasteiger partial charge in [-0.2, -0.15) is 0 Å². The van der Waals surface area contributed by atoms with Crippen LogP contribution in [0.2, 0.25) is 5.02 Å².